The van der Waals surface area contributed by atoms with E-state index in [1.807, 2.05) is 37.2 Å². The molecule has 1 aliphatic rings. The van der Waals surface area contributed by atoms with Gasteiger partial charge < -0.3 is 9.80 Å². The van der Waals surface area contributed by atoms with Gasteiger partial charge in [-0.05, 0) is 37.9 Å². The molecule has 1 amide bonds. The van der Waals surface area contributed by atoms with E-state index in [2.05, 4.69) is 24.0 Å². The Kier molecular flexibility index (Phi) is 5.18. The van der Waals surface area contributed by atoms with E-state index < -0.39 is 0 Å². The van der Waals surface area contributed by atoms with Crippen LogP contribution in [0.2, 0.25) is 0 Å². The zero-order chi connectivity index (χ0) is 14.5. The largest absolute Gasteiger partial charge is 0.338 e. The summed E-state index contributed by atoms with van der Waals surface area (Å²) in [5, 5.41) is 0. The first-order chi connectivity index (χ1) is 9.56. The van der Waals surface area contributed by atoms with Gasteiger partial charge in [-0.2, -0.15) is 0 Å². The third kappa shape index (κ3) is 4.64. The molecule has 0 saturated heterocycles. The first kappa shape index (κ1) is 15.0. The van der Waals surface area contributed by atoms with Gasteiger partial charge in [-0.1, -0.05) is 37.3 Å². The van der Waals surface area contributed by atoms with Gasteiger partial charge in [0.05, 0.1) is 0 Å². The lowest BCUT2D eigenvalue weighted by Crippen LogP contribution is -2.34. The van der Waals surface area contributed by atoms with Crippen molar-refractivity contribution in [2.75, 3.05) is 27.2 Å². The van der Waals surface area contributed by atoms with Crippen molar-refractivity contribution in [1.82, 2.24) is 9.80 Å². The van der Waals surface area contributed by atoms with E-state index in [1.165, 1.54) is 12.0 Å². The fraction of sp³-hybridized carbons (Fsp3) is 0.588. The molecule has 2 atom stereocenters. The van der Waals surface area contributed by atoms with Crippen LogP contribution in [0.5, 0.6) is 0 Å². The molecular formula is C17H26N2O. The molecule has 2 unspecified atom stereocenters. The SMILES string of the molecule is CC1CC1CN(Cc1ccccc1)C(=O)CCN(C)C. The van der Waals surface area contributed by atoms with Gasteiger partial charge in [0.1, 0.15) is 0 Å². The molecule has 3 heteroatoms. The molecule has 1 saturated carbocycles. The van der Waals surface area contributed by atoms with Gasteiger partial charge in [-0.15, -0.1) is 0 Å². The fourth-order valence-corrected chi connectivity index (χ4v) is 2.47. The highest BCUT2D eigenvalue weighted by Crippen LogP contribution is 2.38. The molecule has 1 aliphatic carbocycles. The van der Waals surface area contributed by atoms with Crippen LogP contribution in [0.25, 0.3) is 0 Å². The lowest BCUT2D eigenvalue weighted by atomic mass is 10.2. The molecule has 0 radical (unpaired) electrons. The van der Waals surface area contributed by atoms with Crippen LogP contribution in [0.3, 0.4) is 0 Å². The minimum absolute atomic E-state index is 0.279. The quantitative estimate of drug-likeness (QED) is 0.763. The zero-order valence-corrected chi connectivity index (χ0v) is 12.9. The van der Waals surface area contributed by atoms with E-state index in [9.17, 15) is 4.79 Å². The van der Waals surface area contributed by atoms with Crippen LogP contribution in [-0.2, 0) is 11.3 Å². The lowest BCUT2D eigenvalue weighted by Gasteiger charge is -2.24. The Balaban J connectivity index is 1.94. The molecule has 1 fully saturated rings. The van der Waals surface area contributed by atoms with E-state index in [1.54, 1.807) is 0 Å². The van der Waals surface area contributed by atoms with Crippen molar-refractivity contribution in [3.8, 4) is 0 Å². The van der Waals surface area contributed by atoms with Crippen LogP contribution in [0.15, 0.2) is 30.3 Å². The highest BCUT2D eigenvalue weighted by atomic mass is 16.2. The summed E-state index contributed by atoms with van der Waals surface area (Å²) in [5.41, 5.74) is 1.22. The van der Waals surface area contributed by atoms with E-state index in [-0.39, 0.29) is 5.91 Å². The first-order valence-electron chi connectivity index (χ1n) is 7.52. The molecule has 20 heavy (non-hydrogen) atoms. The summed E-state index contributed by atoms with van der Waals surface area (Å²) in [4.78, 5) is 16.5. The maximum absolute atomic E-state index is 12.4. The third-order valence-corrected chi connectivity index (χ3v) is 4.07. The van der Waals surface area contributed by atoms with Crippen molar-refractivity contribution in [2.45, 2.75) is 26.3 Å². The Morgan fingerprint density at radius 2 is 1.90 bits per heavy atom. The summed E-state index contributed by atoms with van der Waals surface area (Å²) in [6, 6.07) is 10.3. The molecule has 0 spiro atoms. The van der Waals surface area contributed by atoms with Crippen LogP contribution in [0.1, 0.15) is 25.3 Å². The fourth-order valence-electron chi connectivity index (χ4n) is 2.47. The number of nitrogens with zero attached hydrogens (tertiary/aromatic N) is 2. The van der Waals surface area contributed by atoms with Crippen molar-refractivity contribution in [3.05, 3.63) is 35.9 Å². The molecule has 2 rings (SSSR count). The molecule has 0 bridgehead atoms. The smallest absolute Gasteiger partial charge is 0.224 e. The van der Waals surface area contributed by atoms with Crippen LogP contribution in [-0.4, -0.2) is 42.9 Å². The van der Waals surface area contributed by atoms with E-state index in [0.29, 0.717) is 12.3 Å². The monoisotopic (exact) mass is 274 g/mol. The molecule has 1 aromatic rings. The number of benzene rings is 1. The minimum atomic E-state index is 0.279. The number of amides is 1. The maximum atomic E-state index is 12.4. The average Bonchev–Trinajstić information content (AvgIpc) is 3.12. The molecule has 0 heterocycles. The van der Waals surface area contributed by atoms with Gasteiger partial charge in [-0.3, -0.25) is 4.79 Å². The van der Waals surface area contributed by atoms with E-state index in [0.717, 1.165) is 25.6 Å². The number of carbonyl (C=O) groups excluding carboxylic acids is 1. The average molecular weight is 274 g/mol. The topological polar surface area (TPSA) is 23.6 Å². The standard InChI is InChI=1S/C17H26N2O/c1-14-11-16(14)13-19(17(20)9-10-18(2)3)12-15-7-5-4-6-8-15/h4-8,14,16H,9-13H2,1-3H3. The van der Waals surface area contributed by atoms with Gasteiger partial charge in [0.25, 0.3) is 0 Å². The van der Waals surface area contributed by atoms with Crippen LogP contribution in [0.4, 0.5) is 0 Å². The second kappa shape index (κ2) is 6.89. The molecule has 1 aromatic carbocycles. The van der Waals surface area contributed by atoms with Crippen molar-refractivity contribution in [3.63, 3.8) is 0 Å². The van der Waals surface area contributed by atoms with Gasteiger partial charge in [0.15, 0.2) is 0 Å². The zero-order valence-electron chi connectivity index (χ0n) is 12.9. The van der Waals surface area contributed by atoms with Gasteiger partial charge in [0, 0.05) is 26.1 Å². The number of carbonyl (C=O) groups is 1. The summed E-state index contributed by atoms with van der Waals surface area (Å²) >= 11 is 0. The predicted octanol–water partition coefficient (Wildman–Crippen LogP) is 2.62. The number of hydrogen-bond donors (Lipinski definition) is 0. The Labute approximate surface area is 122 Å². The number of hydrogen-bond acceptors (Lipinski definition) is 2. The summed E-state index contributed by atoms with van der Waals surface area (Å²) in [6.45, 7) is 4.76. The third-order valence-electron chi connectivity index (χ3n) is 4.07. The molecular weight excluding hydrogens is 248 g/mol. The Bertz CT molecular complexity index is 430. The van der Waals surface area contributed by atoms with Crippen molar-refractivity contribution in [2.24, 2.45) is 11.8 Å². The predicted molar refractivity (Wildman–Crippen MR) is 82.3 cm³/mol. The van der Waals surface area contributed by atoms with Crippen molar-refractivity contribution in [1.29, 1.82) is 0 Å². The minimum Gasteiger partial charge on any atom is -0.338 e. The van der Waals surface area contributed by atoms with Crippen molar-refractivity contribution < 1.29 is 4.79 Å². The second-order valence-electron chi connectivity index (χ2n) is 6.29. The lowest BCUT2D eigenvalue weighted by molar-refractivity contribution is -0.132. The van der Waals surface area contributed by atoms with Crippen LogP contribution in [0, 0.1) is 11.8 Å². The second-order valence-corrected chi connectivity index (χ2v) is 6.29. The first-order valence-corrected chi connectivity index (χ1v) is 7.52. The van der Waals surface area contributed by atoms with Crippen LogP contribution < -0.4 is 0 Å². The molecule has 3 nitrogen and oxygen atoms in total. The normalized spacial score (nSPS) is 21.0. The summed E-state index contributed by atoms with van der Waals surface area (Å²) < 4.78 is 0. The number of rotatable bonds is 7. The van der Waals surface area contributed by atoms with Gasteiger partial charge >= 0.3 is 0 Å². The van der Waals surface area contributed by atoms with E-state index in [4.69, 9.17) is 0 Å². The summed E-state index contributed by atoms with van der Waals surface area (Å²) in [7, 11) is 4.02. The van der Waals surface area contributed by atoms with Gasteiger partial charge in [0.2, 0.25) is 5.91 Å². The molecule has 0 aliphatic heterocycles. The maximum Gasteiger partial charge on any atom is 0.224 e. The molecule has 0 N–H and O–H groups in total. The highest BCUT2D eigenvalue weighted by molar-refractivity contribution is 5.76. The Morgan fingerprint density at radius 1 is 1.25 bits per heavy atom. The molecule has 0 aromatic heterocycles. The van der Waals surface area contributed by atoms with Crippen LogP contribution >= 0.6 is 0 Å². The molecule has 110 valence electrons. The highest BCUT2D eigenvalue weighted by Gasteiger charge is 2.35. The summed E-state index contributed by atoms with van der Waals surface area (Å²) in [6.07, 6.45) is 1.88. The van der Waals surface area contributed by atoms with Gasteiger partial charge in [-0.25, -0.2) is 0 Å². The Morgan fingerprint density at radius 3 is 2.45 bits per heavy atom. The Hall–Kier alpha value is -1.35. The summed E-state index contributed by atoms with van der Waals surface area (Å²) in [5.74, 6) is 1.78. The van der Waals surface area contributed by atoms with E-state index >= 15 is 0 Å². The van der Waals surface area contributed by atoms with Crippen molar-refractivity contribution >= 4 is 5.91 Å².